The van der Waals surface area contributed by atoms with Crippen molar-refractivity contribution < 1.29 is 9.53 Å². The Hall–Kier alpha value is -1.42. The molecule has 0 amide bonds. The standard InChI is InChI=1S/C11H14N2O2/c1-15-11(14)10-7-13-6-9(10)8-3-2-4-12-5-8/h2-5,9-10,13H,6-7H2,1H3. The first-order valence-electron chi connectivity index (χ1n) is 5.01. The molecule has 1 saturated heterocycles. The Morgan fingerprint density at radius 1 is 1.60 bits per heavy atom. The van der Waals surface area contributed by atoms with E-state index in [-0.39, 0.29) is 17.8 Å². The fourth-order valence-electron chi connectivity index (χ4n) is 2.02. The van der Waals surface area contributed by atoms with E-state index in [2.05, 4.69) is 10.3 Å². The second-order valence-corrected chi connectivity index (χ2v) is 3.68. The third-order valence-electron chi connectivity index (χ3n) is 2.83. The van der Waals surface area contributed by atoms with Crippen molar-refractivity contribution in [2.45, 2.75) is 5.92 Å². The summed E-state index contributed by atoms with van der Waals surface area (Å²) in [5.74, 6) is -0.0424. The summed E-state index contributed by atoms with van der Waals surface area (Å²) in [4.78, 5) is 15.6. The van der Waals surface area contributed by atoms with E-state index in [0.717, 1.165) is 12.1 Å². The Balaban J connectivity index is 2.18. The number of carbonyl (C=O) groups excluding carboxylic acids is 1. The van der Waals surface area contributed by atoms with E-state index in [1.165, 1.54) is 7.11 Å². The molecule has 2 unspecified atom stereocenters. The summed E-state index contributed by atoms with van der Waals surface area (Å²) in [7, 11) is 1.43. The summed E-state index contributed by atoms with van der Waals surface area (Å²) in [6.45, 7) is 1.50. The van der Waals surface area contributed by atoms with Crippen LogP contribution in [0.1, 0.15) is 11.5 Å². The van der Waals surface area contributed by atoms with Gasteiger partial charge in [-0.05, 0) is 11.6 Å². The number of nitrogens with one attached hydrogen (secondary N) is 1. The second kappa shape index (κ2) is 4.40. The van der Waals surface area contributed by atoms with Gasteiger partial charge in [0.1, 0.15) is 0 Å². The highest BCUT2D eigenvalue weighted by Gasteiger charge is 2.34. The molecule has 1 aromatic rings. The third-order valence-corrected chi connectivity index (χ3v) is 2.83. The van der Waals surface area contributed by atoms with Crippen LogP contribution < -0.4 is 5.32 Å². The van der Waals surface area contributed by atoms with E-state index in [1.807, 2.05) is 18.3 Å². The van der Waals surface area contributed by atoms with Crippen molar-refractivity contribution >= 4 is 5.97 Å². The van der Waals surface area contributed by atoms with Gasteiger partial charge in [-0.25, -0.2) is 0 Å². The largest absolute Gasteiger partial charge is 0.469 e. The van der Waals surface area contributed by atoms with Crippen LogP contribution in [0.15, 0.2) is 24.5 Å². The van der Waals surface area contributed by atoms with Crippen LogP contribution in [0, 0.1) is 5.92 Å². The molecule has 1 aliphatic heterocycles. The highest BCUT2D eigenvalue weighted by molar-refractivity contribution is 5.74. The summed E-state index contributed by atoms with van der Waals surface area (Å²) in [5, 5.41) is 3.21. The van der Waals surface area contributed by atoms with Gasteiger partial charge in [-0.2, -0.15) is 0 Å². The Bertz CT molecular complexity index is 340. The lowest BCUT2D eigenvalue weighted by Gasteiger charge is -2.15. The smallest absolute Gasteiger partial charge is 0.310 e. The molecule has 80 valence electrons. The SMILES string of the molecule is COC(=O)C1CNCC1c1cccnc1. The van der Waals surface area contributed by atoms with E-state index in [1.54, 1.807) is 6.20 Å². The quantitative estimate of drug-likeness (QED) is 0.718. The molecule has 0 bridgehead atoms. The average Bonchev–Trinajstić information content (AvgIpc) is 2.78. The second-order valence-electron chi connectivity index (χ2n) is 3.68. The Labute approximate surface area is 88.7 Å². The molecule has 15 heavy (non-hydrogen) atoms. The van der Waals surface area contributed by atoms with E-state index in [0.29, 0.717) is 6.54 Å². The van der Waals surface area contributed by atoms with Crippen molar-refractivity contribution in [3.8, 4) is 0 Å². The van der Waals surface area contributed by atoms with Crippen LogP contribution in [0.5, 0.6) is 0 Å². The highest BCUT2D eigenvalue weighted by atomic mass is 16.5. The molecule has 2 atom stereocenters. The Morgan fingerprint density at radius 3 is 3.13 bits per heavy atom. The first kappa shape index (κ1) is 10.1. The number of rotatable bonds is 2. The molecule has 1 N–H and O–H groups in total. The number of pyridine rings is 1. The van der Waals surface area contributed by atoms with Crippen LogP contribution in [0.4, 0.5) is 0 Å². The molecule has 1 fully saturated rings. The van der Waals surface area contributed by atoms with Gasteiger partial charge >= 0.3 is 5.97 Å². The number of ether oxygens (including phenoxy) is 1. The van der Waals surface area contributed by atoms with E-state index < -0.39 is 0 Å². The van der Waals surface area contributed by atoms with Gasteiger partial charge in [0.15, 0.2) is 0 Å². The predicted octanol–water partition coefficient (Wildman–Crippen LogP) is 0.558. The van der Waals surface area contributed by atoms with Crippen LogP contribution in [0.25, 0.3) is 0 Å². The van der Waals surface area contributed by atoms with Crippen LogP contribution in [0.3, 0.4) is 0 Å². The van der Waals surface area contributed by atoms with Crippen molar-refractivity contribution in [1.29, 1.82) is 0 Å². The summed E-state index contributed by atoms with van der Waals surface area (Å²) in [5.41, 5.74) is 1.10. The van der Waals surface area contributed by atoms with Gasteiger partial charge in [-0.1, -0.05) is 6.07 Å². The summed E-state index contributed by atoms with van der Waals surface area (Å²) in [6.07, 6.45) is 3.55. The minimum atomic E-state index is -0.145. The zero-order chi connectivity index (χ0) is 10.7. The van der Waals surface area contributed by atoms with Gasteiger partial charge in [0.05, 0.1) is 13.0 Å². The summed E-state index contributed by atoms with van der Waals surface area (Å²) in [6, 6.07) is 3.89. The molecule has 2 heterocycles. The molecule has 2 rings (SSSR count). The molecule has 0 aromatic carbocycles. The number of carbonyl (C=O) groups is 1. The van der Waals surface area contributed by atoms with Crippen molar-refractivity contribution in [2.24, 2.45) is 5.92 Å². The number of aromatic nitrogens is 1. The van der Waals surface area contributed by atoms with Crippen LogP contribution in [-0.2, 0) is 9.53 Å². The van der Waals surface area contributed by atoms with E-state index in [9.17, 15) is 4.79 Å². The molecule has 0 radical (unpaired) electrons. The molecule has 4 heteroatoms. The van der Waals surface area contributed by atoms with Crippen LogP contribution in [-0.4, -0.2) is 31.2 Å². The maximum atomic E-state index is 11.5. The number of hydrogen-bond donors (Lipinski definition) is 1. The monoisotopic (exact) mass is 206 g/mol. The maximum absolute atomic E-state index is 11.5. The van der Waals surface area contributed by atoms with Gasteiger partial charge in [-0.15, -0.1) is 0 Å². The van der Waals surface area contributed by atoms with Gasteiger partial charge in [0.2, 0.25) is 0 Å². The molecule has 0 saturated carbocycles. The maximum Gasteiger partial charge on any atom is 0.310 e. The molecule has 4 nitrogen and oxygen atoms in total. The Morgan fingerprint density at radius 2 is 2.47 bits per heavy atom. The van der Waals surface area contributed by atoms with Crippen molar-refractivity contribution in [3.63, 3.8) is 0 Å². The first-order chi connectivity index (χ1) is 7.33. The lowest BCUT2D eigenvalue weighted by atomic mass is 9.90. The molecular formula is C11H14N2O2. The zero-order valence-corrected chi connectivity index (χ0v) is 8.64. The number of nitrogens with zero attached hydrogens (tertiary/aromatic N) is 1. The topological polar surface area (TPSA) is 51.2 Å². The fourth-order valence-corrected chi connectivity index (χ4v) is 2.02. The molecule has 1 aliphatic rings. The summed E-state index contributed by atoms with van der Waals surface area (Å²) >= 11 is 0. The fraction of sp³-hybridized carbons (Fsp3) is 0.455. The molecule has 1 aromatic heterocycles. The van der Waals surface area contributed by atoms with Gasteiger partial charge < -0.3 is 10.1 Å². The van der Waals surface area contributed by atoms with E-state index in [4.69, 9.17) is 4.74 Å². The van der Waals surface area contributed by atoms with Crippen molar-refractivity contribution in [3.05, 3.63) is 30.1 Å². The predicted molar refractivity (Wildman–Crippen MR) is 55.4 cm³/mol. The average molecular weight is 206 g/mol. The van der Waals surface area contributed by atoms with Crippen molar-refractivity contribution in [1.82, 2.24) is 10.3 Å². The van der Waals surface area contributed by atoms with E-state index >= 15 is 0 Å². The van der Waals surface area contributed by atoms with Gasteiger partial charge in [0, 0.05) is 31.4 Å². The molecular weight excluding hydrogens is 192 g/mol. The third kappa shape index (κ3) is 1.99. The Kier molecular flexibility index (Phi) is 2.97. The minimum Gasteiger partial charge on any atom is -0.469 e. The van der Waals surface area contributed by atoms with Crippen molar-refractivity contribution in [2.75, 3.05) is 20.2 Å². The minimum absolute atomic E-state index is 0.0841. The first-order valence-corrected chi connectivity index (χ1v) is 5.01. The normalized spacial score (nSPS) is 25.1. The lowest BCUT2D eigenvalue weighted by molar-refractivity contribution is -0.145. The highest BCUT2D eigenvalue weighted by Crippen LogP contribution is 2.28. The lowest BCUT2D eigenvalue weighted by Crippen LogP contribution is -2.22. The van der Waals surface area contributed by atoms with Gasteiger partial charge in [0.25, 0.3) is 0 Å². The summed E-state index contributed by atoms with van der Waals surface area (Å²) < 4.78 is 4.79. The molecule has 0 spiro atoms. The number of esters is 1. The van der Waals surface area contributed by atoms with Crippen LogP contribution in [0.2, 0.25) is 0 Å². The van der Waals surface area contributed by atoms with Gasteiger partial charge in [-0.3, -0.25) is 9.78 Å². The molecule has 0 aliphatic carbocycles. The van der Waals surface area contributed by atoms with Crippen LogP contribution >= 0.6 is 0 Å². The number of hydrogen-bond acceptors (Lipinski definition) is 4. The number of methoxy groups -OCH3 is 1. The zero-order valence-electron chi connectivity index (χ0n) is 8.64.